The van der Waals surface area contributed by atoms with Crippen LogP contribution in [0.5, 0.6) is 5.75 Å². The molecule has 0 radical (unpaired) electrons. The molecule has 1 N–H and O–H groups in total. The summed E-state index contributed by atoms with van der Waals surface area (Å²) in [5.74, 6) is 0.372. The predicted octanol–water partition coefficient (Wildman–Crippen LogP) is 2.10. The first-order valence-electron chi connectivity index (χ1n) is 8.77. The van der Waals surface area contributed by atoms with Crippen molar-refractivity contribution in [2.24, 2.45) is 0 Å². The second kappa shape index (κ2) is 8.52. The first-order valence-corrected chi connectivity index (χ1v) is 8.77. The molecule has 1 atom stereocenters. The van der Waals surface area contributed by atoms with Crippen LogP contribution in [0.2, 0.25) is 0 Å². The molecule has 1 aromatic rings. The number of benzene rings is 1. The fourth-order valence-electron chi connectivity index (χ4n) is 3.29. The van der Waals surface area contributed by atoms with Crippen LogP contribution < -0.4 is 4.90 Å². The van der Waals surface area contributed by atoms with Gasteiger partial charge in [-0.05, 0) is 31.4 Å². The number of aromatic hydroxyl groups is 1. The summed E-state index contributed by atoms with van der Waals surface area (Å²) in [6.45, 7) is 7.29. The Hall–Kier alpha value is -1.30. The minimum atomic E-state index is 0.307. The number of anilines is 1. The summed E-state index contributed by atoms with van der Waals surface area (Å²) in [6.07, 6.45) is 3.90. The van der Waals surface area contributed by atoms with Gasteiger partial charge in [0.1, 0.15) is 5.75 Å². The van der Waals surface area contributed by atoms with Crippen molar-refractivity contribution in [3.8, 4) is 5.75 Å². The Morgan fingerprint density at radius 1 is 1.13 bits per heavy atom. The average molecular weight is 320 g/mol. The van der Waals surface area contributed by atoms with Gasteiger partial charge in [0.05, 0.1) is 25.0 Å². The Kier molecular flexibility index (Phi) is 6.13. The zero-order valence-electron chi connectivity index (χ0n) is 13.8. The third kappa shape index (κ3) is 4.83. The Bertz CT molecular complexity index is 469. The zero-order chi connectivity index (χ0) is 15.9. The van der Waals surface area contributed by atoms with E-state index in [2.05, 4.69) is 9.80 Å². The van der Waals surface area contributed by atoms with E-state index in [1.165, 1.54) is 12.8 Å². The monoisotopic (exact) mass is 320 g/mol. The van der Waals surface area contributed by atoms with E-state index in [-0.39, 0.29) is 0 Å². The highest BCUT2D eigenvalue weighted by Gasteiger charge is 2.19. The van der Waals surface area contributed by atoms with Crippen molar-refractivity contribution in [3.05, 3.63) is 24.3 Å². The standard InChI is InChI=1S/C18H28N2O3/c21-18-7-2-1-6-17(18)20-10-8-19(9-11-20)12-14-22-15-16-5-3-4-13-23-16/h1-2,6-7,16,21H,3-5,8-15H2. The van der Waals surface area contributed by atoms with Crippen LogP contribution in [0, 0.1) is 0 Å². The van der Waals surface area contributed by atoms with Crippen molar-refractivity contribution in [1.29, 1.82) is 0 Å². The first kappa shape index (κ1) is 16.6. The molecule has 23 heavy (non-hydrogen) atoms. The second-order valence-electron chi connectivity index (χ2n) is 6.38. The molecule has 2 aliphatic heterocycles. The molecule has 2 fully saturated rings. The summed E-state index contributed by atoms with van der Waals surface area (Å²) >= 11 is 0. The maximum atomic E-state index is 9.94. The first-order chi connectivity index (χ1) is 11.3. The number of para-hydroxylation sites is 2. The summed E-state index contributed by atoms with van der Waals surface area (Å²) in [5.41, 5.74) is 0.942. The van der Waals surface area contributed by atoms with Crippen molar-refractivity contribution in [1.82, 2.24) is 4.90 Å². The fourth-order valence-corrected chi connectivity index (χ4v) is 3.29. The number of rotatable bonds is 6. The molecule has 0 saturated carbocycles. The molecular weight excluding hydrogens is 292 g/mol. The van der Waals surface area contributed by atoms with Crippen LogP contribution >= 0.6 is 0 Å². The number of phenols is 1. The van der Waals surface area contributed by atoms with Crippen molar-refractivity contribution in [3.63, 3.8) is 0 Å². The molecule has 0 spiro atoms. The molecule has 1 aromatic carbocycles. The van der Waals surface area contributed by atoms with Crippen molar-refractivity contribution >= 4 is 5.69 Å². The topological polar surface area (TPSA) is 45.2 Å². The summed E-state index contributed by atoms with van der Waals surface area (Å²) in [5, 5.41) is 9.94. The Labute approximate surface area is 138 Å². The van der Waals surface area contributed by atoms with E-state index in [1.54, 1.807) is 6.07 Å². The lowest BCUT2D eigenvalue weighted by Crippen LogP contribution is -2.47. The van der Waals surface area contributed by atoms with Gasteiger partial charge in [-0.1, -0.05) is 12.1 Å². The van der Waals surface area contributed by atoms with Gasteiger partial charge in [0.2, 0.25) is 0 Å². The average Bonchev–Trinajstić information content (AvgIpc) is 2.61. The van der Waals surface area contributed by atoms with Crippen molar-refractivity contribution in [2.45, 2.75) is 25.4 Å². The normalized spacial score (nSPS) is 23.1. The van der Waals surface area contributed by atoms with E-state index in [0.29, 0.717) is 11.9 Å². The Balaban J connectivity index is 1.32. The molecule has 0 aliphatic carbocycles. The second-order valence-corrected chi connectivity index (χ2v) is 6.38. The lowest BCUT2D eigenvalue weighted by molar-refractivity contribution is -0.0435. The third-order valence-corrected chi connectivity index (χ3v) is 4.72. The van der Waals surface area contributed by atoms with E-state index < -0.39 is 0 Å². The molecule has 2 saturated heterocycles. The number of hydrogen-bond acceptors (Lipinski definition) is 5. The molecule has 0 amide bonds. The van der Waals surface area contributed by atoms with E-state index in [1.807, 2.05) is 18.2 Å². The molecule has 3 rings (SSSR count). The van der Waals surface area contributed by atoms with Crippen LogP contribution in [0.3, 0.4) is 0 Å². The SMILES string of the molecule is Oc1ccccc1N1CCN(CCOCC2CCCCO2)CC1. The van der Waals surface area contributed by atoms with Gasteiger partial charge in [-0.2, -0.15) is 0 Å². The van der Waals surface area contributed by atoms with Crippen LogP contribution in [0.4, 0.5) is 5.69 Å². The van der Waals surface area contributed by atoms with E-state index in [4.69, 9.17) is 9.47 Å². The minimum absolute atomic E-state index is 0.307. The maximum absolute atomic E-state index is 9.94. The van der Waals surface area contributed by atoms with Crippen LogP contribution in [0.1, 0.15) is 19.3 Å². The highest BCUT2D eigenvalue weighted by Crippen LogP contribution is 2.27. The van der Waals surface area contributed by atoms with Gasteiger partial charge in [0, 0.05) is 39.3 Å². The van der Waals surface area contributed by atoms with Gasteiger partial charge in [0.25, 0.3) is 0 Å². The number of nitrogens with zero attached hydrogens (tertiary/aromatic N) is 2. The van der Waals surface area contributed by atoms with Crippen LogP contribution in [0.15, 0.2) is 24.3 Å². The van der Waals surface area contributed by atoms with Gasteiger partial charge >= 0.3 is 0 Å². The summed E-state index contributed by atoms with van der Waals surface area (Å²) in [4.78, 5) is 4.68. The van der Waals surface area contributed by atoms with Gasteiger partial charge < -0.3 is 19.5 Å². The zero-order valence-corrected chi connectivity index (χ0v) is 13.8. The molecule has 5 nitrogen and oxygen atoms in total. The van der Waals surface area contributed by atoms with Gasteiger partial charge in [-0.3, -0.25) is 4.90 Å². The predicted molar refractivity (Wildman–Crippen MR) is 91.2 cm³/mol. The largest absolute Gasteiger partial charge is 0.506 e. The molecule has 5 heteroatoms. The Morgan fingerprint density at radius 3 is 2.70 bits per heavy atom. The number of ether oxygens (including phenoxy) is 2. The van der Waals surface area contributed by atoms with Crippen LogP contribution in [-0.2, 0) is 9.47 Å². The molecule has 1 unspecified atom stereocenters. The molecule has 2 heterocycles. The number of hydrogen-bond donors (Lipinski definition) is 1. The number of piperazine rings is 1. The van der Waals surface area contributed by atoms with Gasteiger partial charge in [-0.15, -0.1) is 0 Å². The number of phenolic OH excluding ortho intramolecular Hbond substituents is 1. The maximum Gasteiger partial charge on any atom is 0.138 e. The quantitative estimate of drug-likeness (QED) is 0.813. The highest BCUT2D eigenvalue weighted by atomic mass is 16.5. The summed E-state index contributed by atoms with van der Waals surface area (Å²) in [6, 6.07) is 7.58. The van der Waals surface area contributed by atoms with E-state index >= 15 is 0 Å². The lowest BCUT2D eigenvalue weighted by atomic mass is 10.1. The van der Waals surface area contributed by atoms with Gasteiger partial charge in [0.15, 0.2) is 0 Å². The highest BCUT2D eigenvalue weighted by molar-refractivity contribution is 5.57. The van der Waals surface area contributed by atoms with E-state index in [9.17, 15) is 5.11 Å². The smallest absolute Gasteiger partial charge is 0.138 e. The molecule has 0 aromatic heterocycles. The summed E-state index contributed by atoms with van der Waals surface area (Å²) < 4.78 is 11.5. The molecule has 128 valence electrons. The van der Waals surface area contributed by atoms with Crippen LogP contribution in [0.25, 0.3) is 0 Å². The van der Waals surface area contributed by atoms with Crippen molar-refractivity contribution < 1.29 is 14.6 Å². The molecule has 0 bridgehead atoms. The summed E-state index contributed by atoms with van der Waals surface area (Å²) in [7, 11) is 0. The van der Waals surface area contributed by atoms with Gasteiger partial charge in [-0.25, -0.2) is 0 Å². The third-order valence-electron chi connectivity index (χ3n) is 4.72. The van der Waals surface area contributed by atoms with Crippen molar-refractivity contribution in [2.75, 3.05) is 57.4 Å². The van der Waals surface area contributed by atoms with E-state index in [0.717, 1.165) is 64.7 Å². The van der Waals surface area contributed by atoms with Crippen LogP contribution in [-0.4, -0.2) is 68.7 Å². The Morgan fingerprint density at radius 2 is 1.96 bits per heavy atom. The lowest BCUT2D eigenvalue weighted by Gasteiger charge is -2.36. The minimum Gasteiger partial charge on any atom is -0.506 e. The molecule has 2 aliphatic rings. The fraction of sp³-hybridized carbons (Fsp3) is 0.667. The molecular formula is C18H28N2O3.